The molecule has 0 spiro atoms. The van der Waals surface area contributed by atoms with Crippen molar-refractivity contribution in [1.82, 2.24) is 0 Å². The van der Waals surface area contributed by atoms with Crippen LogP contribution in [0.1, 0.15) is 6.92 Å². The van der Waals surface area contributed by atoms with Gasteiger partial charge in [0.2, 0.25) is 0 Å². The summed E-state index contributed by atoms with van der Waals surface area (Å²) in [6.07, 6.45) is -25.8. The number of rotatable bonds is 12. The summed E-state index contributed by atoms with van der Waals surface area (Å²) in [6, 6.07) is 0. The van der Waals surface area contributed by atoms with Gasteiger partial charge in [-0.3, -0.25) is 4.55 Å². The molecular formula is C18H34O18S. The van der Waals surface area contributed by atoms with Gasteiger partial charge in [-0.25, -0.2) is 4.18 Å². The average molecular weight is 571 g/mol. The molecule has 2 fully saturated rings. The second-order valence-corrected chi connectivity index (χ2v) is 9.70. The molecule has 0 bridgehead atoms. The molecule has 18 nitrogen and oxygen atoms in total. The van der Waals surface area contributed by atoms with Crippen molar-refractivity contribution in [3.63, 3.8) is 0 Å². The Hall–Kier alpha value is -0.690. The molecule has 2 saturated heterocycles. The normalized spacial score (nSPS) is 40.6. The van der Waals surface area contributed by atoms with Crippen LogP contribution in [0.2, 0.25) is 0 Å². The van der Waals surface area contributed by atoms with E-state index >= 15 is 0 Å². The fourth-order valence-electron chi connectivity index (χ4n) is 3.72. The predicted molar refractivity (Wildman–Crippen MR) is 112 cm³/mol. The Bertz CT molecular complexity index is 800. The van der Waals surface area contributed by atoms with Crippen LogP contribution < -0.4 is 0 Å². The third-order valence-electron chi connectivity index (χ3n) is 5.90. The van der Waals surface area contributed by atoms with Crippen molar-refractivity contribution >= 4 is 10.4 Å². The van der Waals surface area contributed by atoms with Gasteiger partial charge in [-0.15, -0.1) is 0 Å². The maximum absolute atomic E-state index is 10.9. The van der Waals surface area contributed by atoms with Gasteiger partial charge in [-0.05, 0) is 6.92 Å². The third-order valence-corrected chi connectivity index (χ3v) is 6.33. The number of aliphatic hydroxyl groups is 10. The zero-order valence-corrected chi connectivity index (χ0v) is 20.2. The van der Waals surface area contributed by atoms with Gasteiger partial charge in [-0.1, -0.05) is 0 Å². The summed E-state index contributed by atoms with van der Waals surface area (Å²) in [7, 11) is -5.03. The highest BCUT2D eigenvalue weighted by Crippen LogP contribution is 2.31. The largest absolute Gasteiger partial charge is 0.397 e. The Labute approximate surface area is 210 Å². The molecule has 0 aromatic heterocycles. The smallest absolute Gasteiger partial charge is 0.394 e. The van der Waals surface area contributed by atoms with Gasteiger partial charge in [-0.2, -0.15) is 8.42 Å². The zero-order chi connectivity index (χ0) is 28.2. The zero-order valence-electron chi connectivity index (χ0n) is 19.4. The Morgan fingerprint density at radius 1 is 0.811 bits per heavy atom. The van der Waals surface area contributed by atoms with Crippen LogP contribution in [0.25, 0.3) is 0 Å². The van der Waals surface area contributed by atoms with E-state index in [-0.39, 0.29) is 0 Å². The fourth-order valence-corrected chi connectivity index (χ4v) is 4.02. The number of hydrogen-bond acceptors (Lipinski definition) is 17. The van der Waals surface area contributed by atoms with E-state index in [2.05, 4.69) is 4.18 Å². The Morgan fingerprint density at radius 2 is 1.41 bits per heavy atom. The second-order valence-electron chi connectivity index (χ2n) is 8.61. The van der Waals surface area contributed by atoms with Gasteiger partial charge in [0, 0.05) is 0 Å². The quantitative estimate of drug-likeness (QED) is 0.0971. The van der Waals surface area contributed by atoms with Crippen molar-refractivity contribution in [2.45, 2.75) is 92.8 Å². The van der Waals surface area contributed by atoms with Gasteiger partial charge in [0.25, 0.3) is 0 Å². The van der Waals surface area contributed by atoms with Gasteiger partial charge < -0.3 is 70.0 Å². The highest BCUT2D eigenvalue weighted by Gasteiger charge is 2.52. The highest BCUT2D eigenvalue weighted by molar-refractivity contribution is 7.80. The van der Waals surface area contributed by atoms with E-state index in [0.717, 1.165) is 0 Å². The van der Waals surface area contributed by atoms with Crippen LogP contribution >= 0.6 is 0 Å². The summed E-state index contributed by atoms with van der Waals surface area (Å²) in [6.45, 7) is -1.83. The van der Waals surface area contributed by atoms with Crippen LogP contribution in [0.15, 0.2) is 0 Å². The van der Waals surface area contributed by atoms with Crippen LogP contribution in [0, 0.1) is 0 Å². The van der Waals surface area contributed by atoms with Crippen LogP contribution in [0.3, 0.4) is 0 Å². The molecule has 2 heterocycles. The lowest BCUT2D eigenvalue weighted by Gasteiger charge is -2.47. The molecule has 0 aromatic rings. The van der Waals surface area contributed by atoms with Crippen molar-refractivity contribution < 1.29 is 87.2 Å². The first-order valence-corrected chi connectivity index (χ1v) is 12.4. The fraction of sp³-hybridized carbons (Fsp3) is 1.00. The van der Waals surface area contributed by atoms with Crippen molar-refractivity contribution in [2.75, 3.05) is 19.8 Å². The van der Waals surface area contributed by atoms with E-state index in [1.54, 1.807) is 0 Å². The molecular weight excluding hydrogens is 536 g/mol. The van der Waals surface area contributed by atoms with Crippen molar-refractivity contribution in [2.24, 2.45) is 0 Å². The first-order chi connectivity index (χ1) is 17.1. The molecule has 0 radical (unpaired) electrons. The summed E-state index contributed by atoms with van der Waals surface area (Å²) in [5.41, 5.74) is 0. The molecule has 2 aliphatic rings. The number of ether oxygens (including phenoxy) is 4. The minimum absolute atomic E-state index is 1.02. The van der Waals surface area contributed by atoms with Crippen LogP contribution in [0.4, 0.5) is 0 Å². The molecule has 0 aliphatic carbocycles. The first-order valence-electron chi connectivity index (χ1n) is 11.0. The van der Waals surface area contributed by atoms with E-state index in [1.165, 1.54) is 6.92 Å². The van der Waals surface area contributed by atoms with E-state index in [1.807, 2.05) is 0 Å². The minimum Gasteiger partial charge on any atom is -0.394 e. The molecule has 2 rings (SSSR count). The lowest BCUT2D eigenvalue weighted by molar-refractivity contribution is -0.375. The molecule has 37 heavy (non-hydrogen) atoms. The lowest BCUT2D eigenvalue weighted by atomic mass is 9.97. The van der Waals surface area contributed by atoms with E-state index < -0.39 is 116 Å². The second kappa shape index (κ2) is 13.6. The molecule has 0 aromatic carbocycles. The van der Waals surface area contributed by atoms with Gasteiger partial charge >= 0.3 is 10.4 Å². The van der Waals surface area contributed by atoms with Crippen molar-refractivity contribution in [3.05, 3.63) is 0 Å². The van der Waals surface area contributed by atoms with Crippen LogP contribution in [-0.2, 0) is 33.5 Å². The SMILES string of the molecule is C[C@@H]1O[C@@H](O[C@H]2[C@H](O[C@@H]([C@H](O)[C@@H](O)CO)[C@H](O)CO)O[C@H](COS(=O)(=O)O)[C@H](O)[C@@H]2O)[C@@H](O)[C@H](O)[C@@H]1O. The standard InChI is InChI=1S/C18H34O18S/c1-5-9(23)12(26)14(28)17(33-5)36-16-13(27)11(25)8(4-32-37(29,30)31)34-18(16)35-15(7(22)3-20)10(24)6(21)2-19/h5-28H,2-4H2,1H3,(H,29,30,31)/t5-,6-,7+,8+,9+,10+,11-,12+,13-,14-,15+,16+,17-,18-/m0/s1. The lowest BCUT2D eigenvalue weighted by Crippen LogP contribution is -2.65. The maximum Gasteiger partial charge on any atom is 0.397 e. The molecule has 0 amide bonds. The molecule has 14 atom stereocenters. The van der Waals surface area contributed by atoms with Gasteiger partial charge in [0.05, 0.1) is 25.9 Å². The minimum atomic E-state index is -5.03. The Balaban J connectivity index is 2.37. The number of aliphatic hydroxyl groups excluding tert-OH is 10. The molecule has 220 valence electrons. The van der Waals surface area contributed by atoms with Crippen LogP contribution in [0.5, 0.6) is 0 Å². The molecule has 19 heteroatoms. The summed E-state index contributed by atoms with van der Waals surface area (Å²) < 4.78 is 56.3. The summed E-state index contributed by atoms with van der Waals surface area (Å²) in [5, 5.41) is 99.9. The van der Waals surface area contributed by atoms with Crippen molar-refractivity contribution in [1.29, 1.82) is 0 Å². The first kappa shape index (κ1) is 32.5. The summed E-state index contributed by atoms with van der Waals surface area (Å²) >= 11 is 0. The Morgan fingerprint density at radius 3 is 1.95 bits per heavy atom. The van der Waals surface area contributed by atoms with E-state index in [4.69, 9.17) is 28.6 Å². The summed E-state index contributed by atoms with van der Waals surface area (Å²) in [4.78, 5) is 0. The van der Waals surface area contributed by atoms with E-state index in [0.29, 0.717) is 0 Å². The monoisotopic (exact) mass is 570 g/mol. The van der Waals surface area contributed by atoms with Crippen molar-refractivity contribution in [3.8, 4) is 0 Å². The Kier molecular flexibility index (Phi) is 11.9. The van der Waals surface area contributed by atoms with Gasteiger partial charge in [0.15, 0.2) is 12.6 Å². The highest BCUT2D eigenvalue weighted by atomic mass is 32.3. The topological polar surface area (TPSA) is 303 Å². The molecule has 2 aliphatic heterocycles. The summed E-state index contributed by atoms with van der Waals surface area (Å²) in [5.74, 6) is 0. The third kappa shape index (κ3) is 8.16. The van der Waals surface area contributed by atoms with Gasteiger partial charge in [0.1, 0.15) is 67.1 Å². The average Bonchev–Trinajstić information content (AvgIpc) is 2.85. The van der Waals surface area contributed by atoms with Crippen LogP contribution in [-0.4, -0.2) is 170 Å². The molecule has 11 N–H and O–H groups in total. The molecule has 0 unspecified atom stereocenters. The van der Waals surface area contributed by atoms with E-state index in [9.17, 15) is 54.4 Å². The maximum atomic E-state index is 10.9. The number of hydrogen-bond donors (Lipinski definition) is 11. The molecule has 0 saturated carbocycles. The predicted octanol–water partition coefficient (Wildman–Crippen LogP) is -7.08.